The standard InChI is InChI=1S/C70H90O30.C14H20O5.H2O/c1-15-50(13)87-32-66(14,33-88-53(72)17-3)34-89-63(82)29-51(30-64(83)99-40-67(28-27-52(71)16-2,39-90-54(73)18-4)35-85-36-68(41-91-55(74)19-5,42-92-56(75)20-6)43-93-57(76)21-7)31-65(84)100-49-70(47-97-61(80)25-11,48-98-62(81)26-12)38-86-37-69(44-94-58(77)22-8,45-95-59(78)23-9)46-96-60(79)24-10;1-4-12(15)8-7-11(9-18-13(16)5-2)10-19-14(17)6-3;/h15-26,50-51H,1-12,27-49H2,13-14H3;4-5,11H,1-2,6-10H2,3H3;1H2. The van der Waals surface area contributed by atoms with Gasteiger partial charge in [0.15, 0.2) is 11.6 Å². The van der Waals surface area contributed by atoms with Gasteiger partial charge in [-0.1, -0.05) is 105 Å². The number of rotatable bonds is 68. The molecule has 664 valence electrons. The van der Waals surface area contributed by atoms with Crippen molar-refractivity contribution in [2.75, 3.05) is 132 Å². The Hall–Kier alpha value is -12.4. The molecule has 36 nitrogen and oxygen atoms in total. The first-order chi connectivity index (χ1) is 56.4. The summed E-state index contributed by atoms with van der Waals surface area (Å²) in [4.78, 5) is 214. The summed E-state index contributed by atoms with van der Waals surface area (Å²) in [5.41, 5.74) is -8.41. The van der Waals surface area contributed by atoms with Crippen molar-refractivity contribution >= 4 is 101 Å². The fourth-order valence-electron chi connectivity index (χ4n) is 8.99. The van der Waals surface area contributed by atoms with Crippen molar-refractivity contribution in [2.24, 2.45) is 38.9 Å². The van der Waals surface area contributed by atoms with Crippen LogP contribution in [0.1, 0.15) is 72.1 Å². The summed E-state index contributed by atoms with van der Waals surface area (Å²) < 4.78 is 98.5. The van der Waals surface area contributed by atoms with Crippen LogP contribution in [0, 0.1) is 38.9 Å². The molecule has 0 aromatic heterocycles. The zero-order valence-electron chi connectivity index (χ0n) is 68.3. The Labute approximate surface area is 697 Å². The lowest BCUT2D eigenvalue weighted by Gasteiger charge is -2.36. The third kappa shape index (κ3) is 50.9. The molecule has 5 atom stereocenters. The van der Waals surface area contributed by atoms with E-state index in [0.717, 1.165) is 72.9 Å². The molecule has 0 aliphatic heterocycles. The van der Waals surface area contributed by atoms with E-state index in [4.69, 9.17) is 85.3 Å². The van der Waals surface area contributed by atoms with Crippen LogP contribution in [-0.4, -0.2) is 245 Å². The molecule has 0 amide bonds. The number of hydrogen-bond donors (Lipinski definition) is 0. The number of ketones is 2. The van der Waals surface area contributed by atoms with E-state index >= 15 is 0 Å². The maximum atomic E-state index is 14.4. The first-order valence-electron chi connectivity index (χ1n) is 36.4. The molecule has 0 fully saturated rings. The monoisotopic (exact) mass is 1700 g/mol. The average molecular weight is 1700 g/mol. The predicted octanol–water partition coefficient (Wildman–Crippen LogP) is 5.80. The van der Waals surface area contributed by atoms with Crippen molar-refractivity contribution in [3.8, 4) is 0 Å². The van der Waals surface area contributed by atoms with E-state index in [2.05, 4.69) is 92.1 Å². The van der Waals surface area contributed by atoms with Crippen LogP contribution in [0.15, 0.2) is 177 Å². The number of allylic oxidation sites excluding steroid dienone is 2. The molecule has 0 bridgehead atoms. The molecule has 2 N–H and O–H groups in total. The van der Waals surface area contributed by atoms with Crippen LogP contribution in [0.4, 0.5) is 0 Å². The van der Waals surface area contributed by atoms with Crippen LogP contribution in [0.3, 0.4) is 0 Å². The summed E-state index contributed by atoms with van der Waals surface area (Å²) in [6.45, 7) is 40.9. The molecular formula is C84H112O36. The van der Waals surface area contributed by atoms with Gasteiger partial charge >= 0.3 is 89.5 Å². The summed E-state index contributed by atoms with van der Waals surface area (Å²) in [5, 5.41) is 0. The zero-order valence-corrected chi connectivity index (χ0v) is 68.3. The second-order valence-electron chi connectivity index (χ2n) is 26.7. The van der Waals surface area contributed by atoms with Crippen LogP contribution >= 0.6 is 0 Å². The van der Waals surface area contributed by atoms with Crippen molar-refractivity contribution in [1.82, 2.24) is 0 Å². The van der Waals surface area contributed by atoms with Crippen molar-refractivity contribution in [1.29, 1.82) is 0 Å². The van der Waals surface area contributed by atoms with Gasteiger partial charge in [0, 0.05) is 111 Å². The molecule has 0 aromatic rings. The molecule has 0 heterocycles. The summed E-state index contributed by atoms with van der Waals surface area (Å²) in [6, 6.07) is 0. The fraction of sp³-hybridized carbons (Fsp3) is 0.464. The Kier molecular flexibility index (Phi) is 58.5. The third-order valence-corrected chi connectivity index (χ3v) is 16.2. The number of hydrogen-bond acceptors (Lipinski definition) is 35. The van der Waals surface area contributed by atoms with Gasteiger partial charge in [-0.15, -0.1) is 6.58 Å². The number of ether oxygens (including phenoxy) is 18. The molecule has 5 unspecified atom stereocenters. The lowest BCUT2D eigenvalue weighted by atomic mass is 9.84. The van der Waals surface area contributed by atoms with Gasteiger partial charge in [-0.2, -0.15) is 0 Å². The third-order valence-electron chi connectivity index (χ3n) is 16.2. The molecule has 0 saturated heterocycles. The van der Waals surface area contributed by atoms with E-state index in [1.54, 1.807) is 20.8 Å². The fourth-order valence-corrected chi connectivity index (χ4v) is 8.99. The smallest absolute Gasteiger partial charge is 0.330 e. The summed E-state index contributed by atoms with van der Waals surface area (Å²) >= 11 is 0. The number of esters is 15. The molecule has 0 aromatic carbocycles. The quantitative estimate of drug-likeness (QED) is 0.0300. The highest BCUT2D eigenvalue weighted by molar-refractivity contribution is 5.90. The van der Waals surface area contributed by atoms with Crippen molar-refractivity contribution < 1.29 is 172 Å². The van der Waals surface area contributed by atoms with Crippen molar-refractivity contribution in [2.45, 2.75) is 78.2 Å². The second-order valence-corrected chi connectivity index (χ2v) is 26.7. The van der Waals surface area contributed by atoms with E-state index in [1.807, 2.05) is 0 Å². The molecule has 0 aliphatic carbocycles. The molecule has 0 aliphatic rings. The minimum absolute atomic E-state index is 0. The van der Waals surface area contributed by atoms with E-state index in [1.165, 1.54) is 12.2 Å². The zero-order chi connectivity index (χ0) is 90.5. The van der Waals surface area contributed by atoms with Crippen LogP contribution in [0.5, 0.6) is 0 Å². The maximum absolute atomic E-state index is 14.4. The van der Waals surface area contributed by atoms with Gasteiger partial charge in [-0.05, 0) is 37.8 Å². The van der Waals surface area contributed by atoms with E-state index in [-0.39, 0.29) is 75.3 Å². The molecule has 0 spiro atoms. The van der Waals surface area contributed by atoms with Crippen molar-refractivity contribution in [3.05, 3.63) is 177 Å². The van der Waals surface area contributed by atoms with E-state index in [9.17, 15) is 81.5 Å². The highest BCUT2D eigenvalue weighted by Crippen LogP contribution is 2.32. The maximum Gasteiger partial charge on any atom is 0.330 e. The Morgan fingerprint density at radius 2 is 0.533 bits per heavy atom. The normalized spacial score (nSPS) is 12.3. The summed E-state index contributed by atoms with van der Waals surface area (Å²) in [7, 11) is 0. The predicted molar refractivity (Wildman–Crippen MR) is 425 cm³/mol. The van der Waals surface area contributed by atoms with Gasteiger partial charge in [-0.3, -0.25) is 28.8 Å². The first kappa shape index (κ1) is 112. The Morgan fingerprint density at radius 1 is 0.283 bits per heavy atom. The molecule has 36 heteroatoms. The van der Waals surface area contributed by atoms with Gasteiger partial charge < -0.3 is 90.7 Å². The van der Waals surface area contributed by atoms with E-state index < -0.39 is 253 Å². The van der Waals surface area contributed by atoms with Crippen LogP contribution in [0.2, 0.25) is 0 Å². The molecule has 0 rings (SSSR count). The van der Waals surface area contributed by atoms with Crippen LogP contribution in [0.25, 0.3) is 0 Å². The first-order valence-corrected chi connectivity index (χ1v) is 36.4. The minimum Gasteiger partial charge on any atom is -0.465 e. The van der Waals surface area contributed by atoms with Gasteiger partial charge in [-0.25, -0.2) is 52.7 Å². The Morgan fingerprint density at radius 3 is 0.833 bits per heavy atom. The van der Waals surface area contributed by atoms with Crippen LogP contribution in [-0.2, 0) is 167 Å². The van der Waals surface area contributed by atoms with Crippen LogP contribution < -0.4 is 0 Å². The second kappa shape index (κ2) is 62.8. The van der Waals surface area contributed by atoms with Gasteiger partial charge in [0.1, 0.15) is 85.9 Å². The van der Waals surface area contributed by atoms with Gasteiger partial charge in [0.05, 0.1) is 79.4 Å². The van der Waals surface area contributed by atoms with Gasteiger partial charge in [0.25, 0.3) is 0 Å². The lowest BCUT2D eigenvalue weighted by molar-refractivity contribution is -0.172. The number of carbonyl (C=O) groups is 17. The molecule has 120 heavy (non-hydrogen) atoms. The topological polar surface area (TPSA) is 488 Å². The highest BCUT2D eigenvalue weighted by Gasteiger charge is 2.43. The van der Waals surface area contributed by atoms with Crippen molar-refractivity contribution in [3.63, 3.8) is 0 Å². The largest absolute Gasteiger partial charge is 0.465 e. The summed E-state index contributed by atoms with van der Waals surface area (Å²) in [5.74, 6) is -16.3. The SMILES string of the molecule is C=CC(=O)CCC(COC(=O)C=C)COC(=O)CC.C=CC(=O)CCC(COCC(COC(=O)C=C)(COC(=O)C=C)COC(=O)C=C)(COC(=O)C=C)COC(=O)CC(CC(=O)OCC(C)(COC(=O)C=C)COC(C)C=C)CC(=O)OCC(COCC(COC(=O)C=C)(COC(=O)C=C)COC(=O)C=C)(COC(=O)C=C)COC(=O)C=C.O. The number of carbonyl (C=O) groups excluding carboxylic acids is 17. The van der Waals surface area contributed by atoms with Gasteiger partial charge in [0.2, 0.25) is 0 Å². The molecule has 0 radical (unpaired) electrons. The lowest BCUT2D eigenvalue weighted by Crippen LogP contribution is -2.47. The highest BCUT2D eigenvalue weighted by atomic mass is 16.6. The Bertz CT molecular complexity index is 3240. The average Bonchev–Trinajstić information content (AvgIpc) is 0.840. The molecule has 0 saturated carbocycles. The van der Waals surface area contributed by atoms with E-state index in [0.29, 0.717) is 6.42 Å². The summed E-state index contributed by atoms with van der Waals surface area (Å²) in [6.07, 6.45) is 10.2. The minimum atomic E-state index is -1.95. The Balaban J connectivity index is -0.00000600. The molecular weight excluding hydrogens is 1580 g/mol.